The standard InChI is InChI=1S/C23H25ClN4O3/c1-4-31-19-15-16(14-18(24)22(19)30-3)10-11-21(29)25-13-12-20-26-23(27-28(20)2)17-8-6-5-7-9-17/h5-11,14-15H,4,12-13H2,1-3H3,(H,25,29). The molecule has 1 amide bonds. The topological polar surface area (TPSA) is 78.3 Å². The molecule has 0 atom stereocenters. The van der Waals surface area contributed by atoms with E-state index in [9.17, 15) is 4.79 Å². The minimum Gasteiger partial charge on any atom is -0.491 e. The van der Waals surface area contributed by atoms with Gasteiger partial charge in [0, 0.05) is 31.7 Å². The summed E-state index contributed by atoms with van der Waals surface area (Å²) in [6.07, 6.45) is 3.71. The summed E-state index contributed by atoms with van der Waals surface area (Å²) in [4.78, 5) is 16.8. The van der Waals surface area contributed by atoms with Crippen molar-refractivity contribution in [3.05, 3.63) is 65.0 Å². The molecular weight excluding hydrogens is 416 g/mol. The van der Waals surface area contributed by atoms with E-state index in [-0.39, 0.29) is 5.91 Å². The molecule has 1 heterocycles. The highest BCUT2D eigenvalue weighted by atomic mass is 35.5. The van der Waals surface area contributed by atoms with Crippen LogP contribution in [0.2, 0.25) is 5.02 Å². The van der Waals surface area contributed by atoms with Crippen LogP contribution in [-0.2, 0) is 18.3 Å². The molecule has 1 N–H and O–H groups in total. The highest BCUT2D eigenvalue weighted by Gasteiger charge is 2.11. The molecule has 162 valence electrons. The van der Waals surface area contributed by atoms with Crippen molar-refractivity contribution in [1.82, 2.24) is 20.1 Å². The van der Waals surface area contributed by atoms with Crippen LogP contribution in [0, 0.1) is 0 Å². The maximum Gasteiger partial charge on any atom is 0.244 e. The molecule has 0 saturated carbocycles. The molecule has 3 rings (SSSR count). The Bertz CT molecular complexity index is 1060. The van der Waals surface area contributed by atoms with Gasteiger partial charge in [0.25, 0.3) is 0 Å². The molecule has 0 radical (unpaired) electrons. The van der Waals surface area contributed by atoms with Gasteiger partial charge in [-0.15, -0.1) is 0 Å². The van der Waals surface area contributed by atoms with Crippen LogP contribution >= 0.6 is 11.6 Å². The Balaban J connectivity index is 1.57. The molecule has 0 aliphatic rings. The van der Waals surface area contributed by atoms with Gasteiger partial charge in [-0.3, -0.25) is 9.48 Å². The summed E-state index contributed by atoms with van der Waals surface area (Å²) in [5.41, 5.74) is 1.70. The first-order chi connectivity index (χ1) is 15.0. The molecule has 0 aliphatic carbocycles. The Hall–Kier alpha value is -3.32. The SMILES string of the molecule is CCOc1cc(C=CC(=O)NCCc2nc(-c3ccccc3)nn2C)cc(Cl)c1OC. The number of halogens is 1. The number of nitrogens with one attached hydrogen (secondary N) is 1. The number of rotatable bonds is 9. The maximum absolute atomic E-state index is 12.2. The fraction of sp³-hybridized carbons (Fsp3) is 0.261. The van der Waals surface area contributed by atoms with E-state index < -0.39 is 0 Å². The highest BCUT2D eigenvalue weighted by Crippen LogP contribution is 2.36. The van der Waals surface area contributed by atoms with Crippen molar-refractivity contribution in [1.29, 1.82) is 0 Å². The molecule has 31 heavy (non-hydrogen) atoms. The first-order valence-corrected chi connectivity index (χ1v) is 10.3. The van der Waals surface area contributed by atoms with Crippen LogP contribution in [0.15, 0.2) is 48.5 Å². The van der Waals surface area contributed by atoms with Gasteiger partial charge < -0.3 is 14.8 Å². The number of hydrogen-bond donors (Lipinski definition) is 1. The number of carbonyl (C=O) groups is 1. The molecule has 0 saturated heterocycles. The molecule has 0 fully saturated rings. The van der Waals surface area contributed by atoms with Gasteiger partial charge in [-0.05, 0) is 30.7 Å². The molecule has 2 aromatic carbocycles. The van der Waals surface area contributed by atoms with E-state index in [0.29, 0.717) is 41.9 Å². The highest BCUT2D eigenvalue weighted by molar-refractivity contribution is 6.32. The maximum atomic E-state index is 12.2. The summed E-state index contributed by atoms with van der Waals surface area (Å²) in [6.45, 7) is 2.80. The molecular formula is C23H25ClN4O3. The third-order valence-electron chi connectivity index (χ3n) is 4.50. The van der Waals surface area contributed by atoms with Crippen molar-refractivity contribution >= 4 is 23.6 Å². The number of nitrogens with zero attached hydrogens (tertiary/aromatic N) is 3. The van der Waals surface area contributed by atoms with Crippen LogP contribution in [0.5, 0.6) is 11.5 Å². The van der Waals surface area contributed by atoms with Crippen molar-refractivity contribution in [3.63, 3.8) is 0 Å². The zero-order valence-corrected chi connectivity index (χ0v) is 18.5. The van der Waals surface area contributed by atoms with E-state index in [1.165, 1.54) is 13.2 Å². The lowest BCUT2D eigenvalue weighted by Gasteiger charge is -2.11. The number of methoxy groups -OCH3 is 1. The van der Waals surface area contributed by atoms with Crippen LogP contribution in [0.3, 0.4) is 0 Å². The van der Waals surface area contributed by atoms with Crippen LogP contribution in [0.4, 0.5) is 0 Å². The summed E-state index contributed by atoms with van der Waals surface area (Å²) >= 11 is 6.24. The molecule has 0 bridgehead atoms. The minimum absolute atomic E-state index is 0.213. The van der Waals surface area contributed by atoms with Crippen LogP contribution < -0.4 is 14.8 Å². The van der Waals surface area contributed by atoms with Gasteiger partial charge in [-0.1, -0.05) is 41.9 Å². The fourth-order valence-electron chi connectivity index (χ4n) is 3.02. The number of carbonyl (C=O) groups excluding carboxylic acids is 1. The lowest BCUT2D eigenvalue weighted by molar-refractivity contribution is -0.116. The lowest BCUT2D eigenvalue weighted by atomic mass is 10.2. The number of aryl methyl sites for hydroxylation is 1. The normalized spacial score (nSPS) is 11.0. The summed E-state index contributed by atoms with van der Waals surface area (Å²) in [7, 11) is 3.38. The second-order valence-electron chi connectivity index (χ2n) is 6.68. The van der Waals surface area contributed by atoms with Gasteiger partial charge in [0.2, 0.25) is 5.91 Å². The second-order valence-corrected chi connectivity index (χ2v) is 7.09. The predicted octanol–water partition coefficient (Wildman–Crippen LogP) is 3.91. The number of benzene rings is 2. The smallest absolute Gasteiger partial charge is 0.244 e. The van der Waals surface area contributed by atoms with Crippen molar-refractivity contribution in [2.24, 2.45) is 7.05 Å². The van der Waals surface area contributed by atoms with E-state index in [2.05, 4.69) is 15.4 Å². The minimum atomic E-state index is -0.213. The van der Waals surface area contributed by atoms with E-state index in [1.807, 2.05) is 44.3 Å². The van der Waals surface area contributed by atoms with Crippen molar-refractivity contribution in [2.75, 3.05) is 20.3 Å². The molecule has 7 nitrogen and oxygen atoms in total. The first-order valence-electron chi connectivity index (χ1n) is 9.93. The molecule has 0 spiro atoms. The quantitative estimate of drug-likeness (QED) is 0.510. The van der Waals surface area contributed by atoms with Gasteiger partial charge in [-0.2, -0.15) is 5.10 Å². The zero-order valence-electron chi connectivity index (χ0n) is 17.8. The Morgan fingerprint density at radius 2 is 2.03 bits per heavy atom. The molecule has 8 heteroatoms. The summed E-state index contributed by atoms with van der Waals surface area (Å²) in [6, 6.07) is 13.3. The Kier molecular flexibility index (Phi) is 7.67. The third kappa shape index (κ3) is 5.86. The molecule has 0 aliphatic heterocycles. The van der Waals surface area contributed by atoms with Crippen LogP contribution in [-0.4, -0.2) is 40.9 Å². The number of aromatic nitrogens is 3. The molecule has 0 unspecified atom stereocenters. The van der Waals surface area contributed by atoms with Crippen molar-refractivity contribution in [2.45, 2.75) is 13.3 Å². The van der Waals surface area contributed by atoms with Crippen LogP contribution in [0.1, 0.15) is 18.3 Å². The molecule has 1 aromatic heterocycles. The van der Waals surface area contributed by atoms with E-state index in [1.54, 1.807) is 22.9 Å². The summed E-state index contributed by atoms with van der Waals surface area (Å²) in [5.74, 6) is 2.27. The van der Waals surface area contributed by atoms with Crippen molar-refractivity contribution < 1.29 is 14.3 Å². The number of ether oxygens (including phenoxy) is 2. The predicted molar refractivity (Wildman–Crippen MR) is 121 cm³/mol. The summed E-state index contributed by atoms with van der Waals surface area (Å²) in [5, 5.41) is 7.72. The Morgan fingerprint density at radius 3 is 2.74 bits per heavy atom. The van der Waals surface area contributed by atoms with Gasteiger partial charge in [0.05, 0.1) is 18.7 Å². The van der Waals surface area contributed by atoms with Crippen molar-refractivity contribution in [3.8, 4) is 22.9 Å². The van der Waals surface area contributed by atoms with Gasteiger partial charge in [0.1, 0.15) is 5.82 Å². The first kappa shape index (κ1) is 22.4. The average molecular weight is 441 g/mol. The van der Waals surface area contributed by atoms with E-state index in [4.69, 9.17) is 21.1 Å². The monoisotopic (exact) mass is 440 g/mol. The lowest BCUT2D eigenvalue weighted by Crippen LogP contribution is -2.24. The molecule has 3 aromatic rings. The van der Waals surface area contributed by atoms with E-state index >= 15 is 0 Å². The fourth-order valence-corrected chi connectivity index (χ4v) is 3.31. The van der Waals surface area contributed by atoms with Gasteiger partial charge in [-0.25, -0.2) is 4.98 Å². The Labute approximate surface area is 186 Å². The summed E-state index contributed by atoms with van der Waals surface area (Å²) < 4.78 is 12.6. The van der Waals surface area contributed by atoms with Crippen LogP contribution in [0.25, 0.3) is 17.5 Å². The zero-order chi connectivity index (χ0) is 22.2. The Morgan fingerprint density at radius 1 is 1.26 bits per heavy atom. The average Bonchev–Trinajstić information content (AvgIpc) is 3.13. The second kappa shape index (κ2) is 10.6. The largest absolute Gasteiger partial charge is 0.491 e. The van der Waals surface area contributed by atoms with Gasteiger partial charge in [0.15, 0.2) is 17.3 Å². The number of amides is 1. The van der Waals surface area contributed by atoms with Gasteiger partial charge >= 0.3 is 0 Å². The van der Waals surface area contributed by atoms with E-state index in [0.717, 1.165) is 17.0 Å². The third-order valence-corrected chi connectivity index (χ3v) is 4.78. The number of hydrogen-bond acceptors (Lipinski definition) is 5.